The van der Waals surface area contributed by atoms with Gasteiger partial charge in [-0.2, -0.15) is 5.10 Å². The maximum atomic E-state index is 12.5. The van der Waals surface area contributed by atoms with E-state index in [2.05, 4.69) is 24.3 Å². The van der Waals surface area contributed by atoms with E-state index < -0.39 is 0 Å². The molecule has 1 aliphatic rings. The summed E-state index contributed by atoms with van der Waals surface area (Å²) in [6.45, 7) is 5.96. The molecule has 0 aliphatic carbocycles. The third kappa shape index (κ3) is 4.31. The number of aromatic nitrogens is 2. The Morgan fingerprint density at radius 3 is 2.77 bits per heavy atom. The number of amides is 2. The smallest absolute Gasteiger partial charge is 0.227 e. The predicted octanol–water partition coefficient (Wildman–Crippen LogP) is 2.25. The third-order valence-electron chi connectivity index (χ3n) is 4.83. The highest BCUT2D eigenvalue weighted by molar-refractivity contribution is 6.00. The SMILES string of the molecule is CCc1ccc(N2CC(C(=O)NCC(C)Cn3cccn3)CC2=O)cc1. The zero-order chi connectivity index (χ0) is 18.5. The summed E-state index contributed by atoms with van der Waals surface area (Å²) >= 11 is 0. The molecule has 138 valence electrons. The molecule has 0 spiro atoms. The van der Waals surface area contributed by atoms with Gasteiger partial charge in [-0.3, -0.25) is 14.3 Å². The third-order valence-corrected chi connectivity index (χ3v) is 4.83. The Morgan fingerprint density at radius 2 is 2.12 bits per heavy atom. The van der Waals surface area contributed by atoms with Crippen molar-refractivity contribution in [1.29, 1.82) is 0 Å². The number of aryl methyl sites for hydroxylation is 1. The molecule has 2 amide bonds. The molecule has 1 aliphatic heterocycles. The highest BCUT2D eigenvalue weighted by atomic mass is 16.2. The monoisotopic (exact) mass is 354 g/mol. The maximum absolute atomic E-state index is 12.5. The number of hydrogen-bond acceptors (Lipinski definition) is 3. The van der Waals surface area contributed by atoms with Gasteiger partial charge in [0.1, 0.15) is 0 Å². The molecule has 0 radical (unpaired) electrons. The number of carbonyl (C=O) groups excluding carboxylic acids is 2. The molecule has 1 saturated heterocycles. The predicted molar refractivity (Wildman–Crippen MR) is 101 cm³/mol. The van der Waals surface area contributed by atoms with Crippen LogP contribution in [0.15, 0.2) is 42.7 Å². The van der Waals surface area contributed by atoms with Crippen LogP contribution in [0.1, 0.15) is 25.8 Å². The molecule has 6 heteroatoms. The summed E-state index contributed by atoms with van der Waals surface area (Å²) in [6, 6.07) is 9.88. The van der Waals surface area contributed by atoms with Gasteiger partial charge in [-0.25, -0.2) is 0 Å². The quantitative estimate of drug-likeness (QED) is 0.829. The maximum Gasteiger partial charge on any atom is 0.227 e. The Hall–Kier alpha value is -2.63. The highest BCUT2D eigenvalue weighted by Crippen LogP contribution is 2.25. The van der Waals surface area contributed by atoms with Gasteiger partial charge in [0.25, 0.3) is 0 Å². The second kappa shape index (κ2) is 8.17. The second-order valence-corrected chi connectivity index (χ2v) is 7.00. The van der Waals surface area contributed by atoms with Crippen LogP contribution in [0.5, 0.6) is 0 Å². The topological polar surface area (TPSA) is 67.2 Å². The van der Waals surface area contributed by atoms with Crippen LogP contribution < -0.4 is 10.2 Å². The molecule has 1 N–H and O–H groups in total. The lowest BCUT2D eigenvalue weighted by Crippen LogP contribution is -2.36. The molecular weight excluding hydrogens is 328 g/mol. The standard InChI is InChI=1S/C20H26N4O2/c1-3-16-5-7-18(8-6-16)24-14-17(11-19(24)25)20(26)21-12-15(2)13-23-10-4-9-22-23/h4-10,15,17H,3,11-14H2,1-2H3,(H,21,26). The number of nitrogens with zero attached hydrogens (tertiary/aromatic N) is 3. The van der Waals surface area contributed by atoms with Gasteiger partial charge in [-0.05, 0) is 36.1 Å². The molecule has 0 saturated carbocycles. The van der Waals surface area contributed by atoms with Gasteiger partial charge < -0.3 is 10.2 Å². The van der Waals surface area contributed by atoms with Crippen molar-refractivity contribution in [3.63, 3.8) is 0 Å². The van der Waals surface area contributed by atoms with E-state index in [4.69, 9.17) is 0 Å². The number of carbonyl (C=O) groups is 2. The van der Waals surface area contributed by atoms with Crippen LogP contribution in [-0.4, -0.2) is 34.7 Å². The molecule has 3 rings (SSSR count). The normalized spacial score (nSPS) is 18.2. The van der Waals surface area contributed by atoms with Crippen LogP contribution in [0.25, 0.3) is 0 Å². The molecular formula is C20H26N4O2. The first-order valence-electron chi connectivity index (χ1n) is 9.21. The Balaban J connectivity index is 1.51. The molecule has 1 fully saturated rings. The minimum atomic E-state index is -0.287. The van der Waals surface area contributed by atoms with Gasteiger partial charge >= 0.3 is 0 Å². The molecule has 0 bridgehead atoms. The fourth-order valence-corrected chi connectivity index (χ4v) is 3.26. The number of nitrogens with one attached hydrogen (secondary N) is 1. The summed E-state index contributed by atoms with van der Waals surface area (Å²) in [4.78, 5) is 26.5. The average molecular weight is 354 g/mol. The number of rotatable bonds is 7. The minimum Gasteiger partial charge on any atom is -0.355 e. The van der Waals surface area contributed by atoms with Gasteiger partial charge in [0.15, 0.2) is 0 Å². The van der Waals surface area contributed by atoms with Crippen molar-refractivity contribution in [3.05, 3.63) is 48.3 Å². The van der Waals surface area contributed by atoms with E-state index in [1.165, 1.54) is 5.56 Å². The Kier molecular flexibility index (Phi) is 5.71. The second-order valence-electron chi connectivity index (χ2n) is 7.00. The first kappa shape index (κ1) is 18.2. The zero-order valence-electron chi connectivity index (χ0n) is 15.4. The molecule has 2 unspecified atom stereocenters. The molecule has 2 atom stereocenters. The molecule has 2 heterocycles. The van der Waals surface area contributed by atoms with E-state index in [0.29, 0.717) is 13.1 Å². The zero-order valence-corrected chi connectivity index (χ0v) is 15.4. The summed E-state index contributed by atoms with van der Waals surface area (Å²) < 4.78 is 1.86. The van der Waals surface area contributed by atoms with Gasteiger partial charge in [0, 0.05) is 44.1 Å². The molecule has 1 aromatic carbocycles. The Labute approximate surface area is 154 Å². The lowest BCUT2D eigenvalue weighted by atomic mass is 10.1. The summed E-state index contributed by atoms with van der Waals surface area (Å²) in [5.41, 5.74) is 2.11. The van der Waals surface area contributed by atoms with Crippen molar-refractivity contribution in [2.75, 3.05) is 18.0 Å². The van der Waals surface area contributed by atoms with Crippen LogP contribution >= 0.6 is 0 Å². The lowest BCUT2D eigenvalue weighted by molar-refractivity contribution is -0.126. The fraction of sp³-hybridized carbons (Fsp3) is 0.450. The lowest BCUT2D eigenvalue weighted by Gasteiger charge is -2.18. The van der Waals surface area contributed by atoms with Crippen LogP contribution in [0.2, 0.25) is 0 Å². The number of hydrogen-bond donors (Lipinski definition) is 1. The summed E-state index contributed by atoms with van der Waals surface area (Å²) in [5.74, 6) is -0.0452. The highest BCUT2D eigenvalue weighted by Gasteiger charge is 2.35. The van der Waals surface area contributed by atoms with Gasteiger partial charge in [0.05, 0.1) is 5.92 Å². The van der Waals surface area contributed by atoms with Crippen molar-refractivity contribution >= 4 is 17.5 Å². The number of benzene rings is 1. The van der Waals surface area contributed by atoms with Crippen LogP contribution in [-0.2, 0) is 22.6 Å². The number of anilines is 1. The minimum absolute atomic E-state index is 0.0130. The van der Waals surface area contributed by atoms with E-state index in [1.807, 2.05) is 41.2 Å². The Morgan fingerprint density at radius 1 is 1.35 bits per heavy atom. The molecule has 1 aromatic heterocycles. The largest absolute Gasteiger partial charge is 0.355 e. The van der Waals surface area contributed by atoms with E-state index in [-0.39, 0.29) is 30.1 Å². The van der Waals surface area contributed by atoms with Crippen molar-refractivity contribution < 1.29 is 9.59 Å². The Bertz CT molecular complexity index is 740. The van der Waals surface area contributed by atoms with Crippen LogP contribution in [0, 0.1) is 11.8 Å². The van der Waals surface area contributed by atoms with Gasteiger partial charge in [-0.15, -0.1) is 0 Å². The van der Waals surface area contributed by atoms with Gasteiger partial charge in [-0.1, -0.05) is 26.0 Å². The van der Waals surface area contributed by atoms with Crippen molar-refractivity contribution in [1.82, 2.24) is 15.1 Å². The van der Waals surface area contributed by atoms with Crippen LogP contribution in [0.3, 0.4) is 0 Å². The molecule has 2 aromatic rings. The van der Waals surface area contributed by atoms with Crippen molar-refractivity contribution in [2.24, 2.45) is 11.8 Å². The summed E-state index contributed by atoms with van der Waals surface area (Å²) in [6.07, 6.45) is 4.90. The summed E-state index contributed by atoms with van der Waals surface area (Å²) in [7, 11) is 0. The van der Waals surface area contributed by atoms with Crippen molar-refractivity contribution in [3.8, 4) is 0 Å². The van der Waals surface area contributed by atoms with Gasteiger partial charge in [0.2, 0.25) is 11.8 Å². The molecule has 6 nitrogen and oxygen atoms in total. The first-order valence-corrected chi connectivity index (χ1v) is 9.21. The van der Waals surface area contributed by atoms with E-state index in [9.17, 15) is 9.59 Å². The summed E-state index contributed by atoms with van der Waals surface area (Å²) in [5, 5.41) is 7.17. The van der Waals surface area contributed by atoms with E-state index in [1.54, 1.807) is 11.1 Å². The average Bonchev–Trinajstić information content (AvgIpc) is 3.29. The molecule has 26 heavy (non-hydrogen) atoms. The van der Waals surface area contributed by atoms with E-state index >= 15 is 0 Å². The fourth-order valence-electron chi connectivity index (χ4n) is 3.26. The van der Waals surface area contributed by atoms with Crippen LogP contribution in [0.4, 0.5) is 5.69 Å². The van der Waals surface area contributed by atoms with E-state index in [0.717, 1.165) is 18.7 Å². The van der Waals surface area contributed by atoms with Crippen molar-refractivity contribution in [2.45, 2.75) is 33.2 Å². The first-order chi connectivity index (χ1) is 12.6.